The van der Waals surface area contributed by atoms with E-state index in [1.807, 2.05) is 24.3 Å². The number of rotatable bonds is 8. The molecule has 112 valence electrons. The fourth-order valence-electron chi connectivity index (χ4n) is 2.16. The molecule has 0 amide bonds. The molecule has 0 aromatic heterocycles. The molecule has 0 spiro atoms. The van der Waals surface area contributed by atoms with Crippen molar-refractivity contribution in [3.8, 4) is 0 Å². The zero-order valence-electron chi connectivity index (χ0n) is 12.4. The van der Waals surface area contributed by atoms with Gasteiger partial charge in [0.2, 0.25) is 0 Å². The van der Waals surface area contributed by atoms with Crippen LogP contribution in [0, 0.1) is 0 Å². The molecule has 1 N–H and O–H groups in total. The van der Waals surface area contributed by atoms with Crippen LogP contribution in [0.1, 0.15) is 30.0 Å². The molecule has 0 saturated heterocycles. The second-order valence-electron chi connectivity index (χ2n) is 5.03. The van der Waals surface area contributed by atoms with Gasteiger partial charge in [-0.1, -0.05) is 61.0 Å². The summed E-state index contributed by atoms with van der Waals surface area (Å²) < 4.78 is 5.82. The Labute approximate surface area is 132 Å². The molecule has 0 bridgehead atoms. The van der Waals surface area contributed by atoms with E-state index < -0.39 is 0 Å². The Balaban J connectivity index is 1.89. The van der Waals surface area contributed by atoms with Gasteiger partial charge in [0, 0.05) is 11.6 Å². The van der Waals surface area contributed by atoms with Crippen molar-refractivity contribution in [3.63, 3.8) is 0 Å². The fraction of sp³-hybridized carbons (Fsp3) is 0.333. The lowest BCUT2D eigenvalue weighted by molar-refractivity contribution is 0.106. The maximum absolute atomic E-state index is 6.13. The molecule has 0 unspecified atom stereocenters. The van der Waals surface area contributed by atoms with Crippen LogP contribution in [0.15, 0.2) is 48.5 Å². The second-order valence-corrected chi connectivity index (χ2v) is 5.44. The zero-order chi connectivity index (χ0) is 14.9. The zero-order valence-corrected chi connectivity index (χ0v) is 13.2. The second kappa shape index (κ2) is 8.83. The Hall–Kier alpha value is -1.35. The van der Waals surface area contributed by atoms with Crippen LogP contribution in [0.5, 0.6) is 0 Å². The molecule has 0 fully saturated rings. The van der Waals surface area contributed by atoms with Crippen LogP contribution in [0.3, 0.4) is 0 Å². The van der Waals surface area contributed by atoms with Gasteiger partial charge >= 0.3 is 0 Å². The summed E-state index contributed by atoms with van der Waals surface area (Å²) in [5, 5.41) is 4.19. The highest BCUT2D eigenvalue weighted by molar-refractivity contribution is 6.31. The number of nitrogens with one attached hydrogen (secondary N) is 1. The summed E-state index contributed by atoms with van der Waals surface area (Å²) in [6.07, 6.45) is 1.14. The average molecular weight is 304 g/mol. The molecule has 2 aromatic carbocycles. The lowest BCUT2D eigenvalue weighted by atomic mass is 10.1. The number of hydrogen-bond donors (Lipinski definition) is 1. The van der Waals surface area contributed by atoms with Crippen LogP contribution in [-0.2, 0) is 24.5 Å². The first-order chi connectivity index (χ1) is 10.3. The lowest BCUT2D eigenvalue weighted by Gasteiger charge is -2.11. The van der Waals surface area contributed by atoms with E-state index in [0.29, 0.717) is 13.2 Å². The van der Waals surface area contributed by atoms with Gasteiger partial charge in [-0.25, -0.2) is 0 Å². The van der Waals surface area contributed by atoms with Gasteiger partial charge in [-0.15, -0.1) is 0 Å². The van der Waals surface area contributed by atoms with Crippen molar-refractivity contribution >= 4 is 11.6 Å². The molecule has 2 aromatic rings. The van der Waals surface area contributed by atoms with Crippen molar-refractivity contribution in [1.82, 2.24) is 5.32 Å². The summed E-state index contributed by atoms with van der Waals surface area (Å²) >= 11 is 6.13. The fourth-order valence-corrected chi connectivity index (χ4v) is 2.35. The molecule has 0 aliphatic carbocycles. The first-order valence-electron chi connectivity index (χ1n) is 7.40. The summed E-state index contributed by atoms with van der Waals surface area (Å²) in [5.41, 5.74) is 3.55. The van der Waals surface area contributed by atoms with Gasteiger partial charge in [0.15, 0.2) is 0 Å². The van der Waals surface area contributed by atoms with E-state index in [0.717, 1.165) is 30.1 Å². The van der Waals surface area contributed by atoms with Crippen molar-refractivity contribution < 1.29 is 4.74 Å². The van der Waals surface area contributed by atoms with Crippen molar-refractivity contribution in [2.45, 2.75) is 33.1 Å². The summed E-state index contributed by atoms with van der Waals surface area (Å²) in [5.74, 6) is 0. The van der Waals surface area contributed by atoms with Gasteiger partial charge in [-0.3, -0.25) is 0 Å². The first-order valence-corrected chi connectivity index (χ1v) is 7.77. The standard InChI is InChI=1S/C18H22ClNO/c1-2-11-20-12-15-7-3-4-8-16(15)13-21-14-17-9-5-6-10-18(17)19/h3-10,20H,2,11-14H2,1H3. The molecular formula is C18H22ClNO. The van der Waals surface area contributed by atoms with Gasteiger partial charge in [0.05, 0.1) is 13.2 Å². The first kappa shape index (κ1) is 16.0. The van der Waals surface area contributed by atoms with E-state index in [1.54, 1.807) is 0 Å². The van der Waals surface area contributed by atoms with E-state index in [4.69, 9.17) is 16.3 Å². The van der Waals surface area contributed by atoms with Gasteiger partial charge in [-0.05, 0) is 35.7 Å². The molecule has 0 saturated carbocycles. The molecule has 2 rings (SSSR count). The topological polar surface area (TPSA) is 21.3 Å². The Morgan fingerprint density at radius 3 is 2.24 bits per heavy atom. The molecule has 0 radical (unpaired) electrons. The van der Waals surface area contributed by atoms with Crippen LogP contribution in [0.4, 0.5) is 0 Å². The van der Waals surface area contributed by atoms with Crippen molar-refractivity contribution in [2.24, 2.45) is 0 Å². The minimum atomic E-state index is 0.538. The highest BCUT2D eigenvalue weighted by atomic mass is 35.5. The third-order valence-electron chi connectivity index (χ3n) is 3.33. The summed E-state index contributed by atoms with van der Waals surface area (Å²) in [6, 6.07) is 16.2. The smallest absolute Gasteiger partial charge is 0.0735 e. The molecule has 3 heteroatoms. The van der Waals surface area contributed by atoms with Crippen LogP contribution < -0.4 is 5.32 Å². The molecule has 21 heavy (non-hydrogen) atoms. The highest BCUT2D eigenvalue weighted by Crippen LogP contribution is 2.17. The Morgan fingerprint density at radius 1 is 0.905 bits per heavy atom. The van der Waals surface area contributed by atoms with E-state index >= 15 is 0 Å². The largest absolute Gasteiger partial charge is 0.372 e. The Kier molecular flexibility index (Phi) is 6.74. The van der Waals surface area contributed by atoms with E-state index in [1.165, 1.54) is 11.1 Å². The van der Waals surface area contributed by atoms with Gasteiger partial charge in [0.25, 0.3) is 0 Å². The van der Waals surface area contributed by atoms with Crippen molar-refractivity contribution in [3.05, 3.63) is 70.2 Å². The Bertz CT molecular complexity index is 556. The van der Waals surface area contributed by atoms with Crippen LogP contribution in [0.25, 0.3) is 0 Å². The summed E-state index contributed by atoms with van der Waals surface area (Å²) in [6.45, 7) is 5.24. The summed E-state index contributed by atoms with van der Waals surface area (Å²) in [4.78, 5) is 0. The maximum Gasteiger partial charge on any atom is 0.0735 e. The minimum absolute atomic E-state index is 0.538. The van der Waals surface area contributed by atoms with Gasteiger partial charge in [0.1, 0.15) is 0 Å². The van der Waals surface area contributed by atoms with Crippen LogP contribution in [0.2, 0.25) is 5.02 Å². The van der Waals surface area contributed by atoms with Crippen molar-refractivity contribution in [2.75, 3.05) is 6.54 Å². The Morgan fingerprint density at radius 2 is 1.52 bits per heavy atom. The predicted molar refractivity (Wildman–Crippen MR) is 88.4 cm³/mol. The number of halogens is 1. The average Bonchev–Trinajstić information content (AvgIpc) is 2.51. The molecular weight excluding hydrogens is 282 g/mol. The maximum atomic E-state index is 6.13. The SMILES string of the molecule is CCCNCc1ccccc1COCc1ccccc1Cl. The van der Waals surface area contributed by atoms with Gasteiger partial charge in [-0.2, -0.15) is 0 Å². The van der Waals surface area contributed by atoms with Crippen LogP contribution in [-0.4, -0.2) is 6.54 Å². The molecule has 0 aliphatic rings. The molecule has 2 nitrogen and oxygen atoms in total. The number of benzene rings is 2. The monoisotopic (exact) mass is 303 g/mol. The van der Waals surface area contributed by atoms with Crippen LogP contribution >= 0.6 is 11.6 Å². The number of ether oxygens (including phenoxy) is 1. The normalized spacial score (nSPS) is 10.8. The van der Waals surface area contributed by atoms with E-state index in [9.17, 15) is 0 Å². The predicted octanol–water partition coefficient (Wildman–Crippen LogP) is 4.56. The van der Waals surface area contributed by atoms with Crippen molar-refractivity contribution in [1.29, 1.82) is 0 Å². The molecule has 0 aliphatic heterocycles. The lowest BCUT2D eigenvalue weighted by Crippen LogP contribution is -2.15. The minimum Gasteiger partial charge on any atom is -0.372 e. The molecule has 0 heterocycles. The van der Waals surface area contributed by atoms with E-state index in [2.05, 4.69) is 36.5 Å². The quantitative estimate of drug-likeness (QED) is 0.722. The van der Waals surface area contributed by atoms with E-state index in [-0.39, 0.29) is 0 Å². The van der Waals surface area contributed by atoms with Gasteiger partial charge < -0.3 is 10.1 Å². The molecule has 0 atom stereocenters. The number of hydrogen-bond acceptors (Lipinski definition) is 2. The highest BCUT2D eigenvalue weighted by Gasteiger charge is 2.03. The third kappa shape index (κ3) is 5.16. The third-order valence-corrected chi connectivity index (χ3v) is 3.70. The summed E-state index contributed by atoms with van der Waals surface area (Å²) in [7, 11) is 0.